The van der Waals surface area contributed by atoms with Crippen LogP contribution in [0.2, 0.25) is 0 Å². The highest BCUT2D eigenvalue weighted by atomic mass is 16.2. The fraction of sp³-hybridized carbons (Fsp3) is 0.944. The Balaban J connectivity index is 1.58. The summed E-state index contributed by atoms with van der Waals surface area (Å²) in [6.07, 6.45) is 6.58. The van der Waals surface area contributed by atoms with Crippen molar-refractivity contribution in [3.05, 3.63) is 0 Å². The van der Waals surface area contributed by atoms with Crippen LogP contribution in [0.3, 0.4) is 0 Å². The molecule has 0 radical (unpaired) electrons. The van der Waals surface area contributed by atoms with Crippen molar-refractivity contribution in [1.29, 1.82) is 0 Å². The van der Waals surface area contributed by atoms with Gasteiger partial charge < -0.3 is 4.90 Å². The van der Waals surface area contributed by atoms with E-state index in [-0.39, 0.29) is 11.7 Å². The van der Waals surface area contributed by atoms with Crippen LogP contribution in [0.1, 0.15) is 59.8 Å². The third-order valence-electron chi connectivity index (χ3n) is 6.95. The molecular formula is C18H30N2O. The number of fused-ring (bicyclic) bond motifs is 5. The van der Waals surface area contributed by atoms with E-state index < -0.39 is 0 Å². The Morgan fingerprint density at radius 3 is 2.43 bits per heavy atom. The molecular weight excluding hydrogens is 260 g/mol. The molecule has 0 aromatic heterocycles. The van der Waals surface area contributed by atoms with E-state index in [1.54, 1.807) is 0 Å². The van der Waals surface area contributed by atoms with Crippen molar-refractivity contribution in [2.75, 3.05) is 0 Å². The molecule has 0 aromatic rings. The second kappa shape index (κ2) is 4.47. The standard InChI is InChI=1S/C18H30N2O/c1-5-18(4)17(21)20(13(19-18)8-10(2)3)16-14-11-6-7-12(9-11)15(14)16/h10-16,19H,5-9H2,1-4H3. The van der Waals surface area contributed by atoms with Crippen LogP contribution in [0.5, 0.6) is 0 Å². The first kappa shape index (κ1) is 14.0. The molecule has 3 saturated carbocycles. The number of amides is 1. The van der Waals surface area contributed by atoms with Crippen molar-refractivity contribution in [3.8, 4) is 0 Å². The zero-order chi connectivity index (χ0) is 14.9. The van der Waals surface area contributed by atoms with Crippen molar-refractivity contribution in [3.63, 3.8) is 0 Å². The predicted octanol–water partition coefficient (Wildman–Crippen LogP) is 3.00. The molecule has 1 N–H and O–H groups in total. The van der Waals surface area contributed by atoms with Gasteiger partial charge in [-0.05, 0) is 68.6 Å². The molecule has 1 aliphatic heterocycles. The molecule has 3 aliphatic carbocycles. The first-order valence-corrected chi connectivity index (χ1v) is 9.06. The summed E-state index contributed by atoms with van der Waals surface area (Å²) < 4.78 is 0. The van der Waals surface area contributed by atoms with E-state index in [1.165, 1.54) is 19.3 Å². The van der Waals surface area contributed by atoms with E-state index in [9.17, 15) is 4.79 Å². The molecule has 6 unspecified atom stereocenters. The van der Waals surface area contributed by atoms with Gasteiger partial charge in [0.25, 0.3) is 0 Å². The van der Waals surface area contributed by atoms with Gasteiger partial charge in [-0.1, -0.05) is 20.8 Å². The minimum absolute atomic E-state index is 0.275. The van der Waals surface area contributed by atoms with Crippen molar-refractivity contribution in [2.45, 2.75) is 77.5 Å². The summed E-state index contributed by atoms with van der Waals surface area (Å²) in [5, 5.41) is 3.69. The molecule has 4 fully saturated rings. The van der Waals surface area contributed by atoms with E-state index in [4.69, 9.17) is 0 Å². The molecule has 6 atom stereocenters. The highest BCUT2D eigenvalue weighted by Crippen LogP contribution is 2.68. The van der Waals surface area contributed by atoms with Crippen LogP contribution in [-0.2, 0) is 4.79 Å². The minimum Gasteiger partial charge on any atom is -0.322 e. The molecule has 0 aromatic carbocycles. The highest BCUT2D eigenvalue weighted by molar-refractivity contribution is 5.89. The van der Waals surface area contributed by atoms with E-state index in [1.807, 2.05) is 0 Å². The zero-order valence-electron chi connectivity index (χ0n) is 13.9. The quantitative estimate of drug-likeness (QED) is 0.863. The minimum atomic E-state index is -0.324. The molecule has 4 rings (SSSR count). The summed E-state index contributed by atoms with van der Waals surface area (Å²) in [6.45, 7) is 8.78. The summed E-state index contributed by atoms with van der Waals surface area (Å²) in [5.74, 6) is 4.59. The number of nitrogens with one attached hydrogen (secondary N) is 1. The van der Waals surface area contributed by atoms with Crippen LogP contribution in [0.4, 0.5) is 0 Å². The van der Waals surface area contributed by atoms with Gasteiger partial charge in [0, 0.05) is 6.04 Å². The van der Waals surface area contributed by atoms with Crippen molar-refractivity contribution >= 4 is 5.91 Å². The number of rotatable bonds is 4. The van der Waals surface area contributed by atoms with Crippen molar-refractivity contribution in [2.24, 2.45) is 29.6 Å². The number of nitrogens with zero attached hydrogens (tertiary/aromatic N) is 1. The maximum atomic E-state index is 13.1. The molecule has 3 heteroatoms. The lowest BCUT2D eigenvalue weighted by atomic mass is 9.99. The van der Waals surface area contributed by atoms with Gasteiger partial charge >= 0.3 is 0 Å². The van der Waals surface area contributed by atoms with Crippen molar-refractivity contribution < 1.29 is 4.79 Å². The Bertz CT molecular complexity index is 444. The van der Waals surface area contributed by atoms with Crippen LogP contribution in [0.25, 0.3) is 0 Å². The van der Waals surface area contributed by atoms with Gasteiger partial charge in [-0.25, -0.2) is 0 Å². The van der Waals surface area contributed by atoms with Gasteiger partial charge in [-0.3, -0.25) is 10.1 Å². The second-order valence-electron chi connectivity index (χ2n) is 8.67. The number of carbonyl (C=O) groups excluding carboxylic acids is 1. The Kier molecular flexibility index (Phi) is 2.99. The molecule has 21 heavy (non-hydrogen) atoms. The van der Waals surface area contributed by atoms with E-state index in [2.05, 4.69) is 37.9 Å². The van der Waals surface area contributed by atoms with Crippen LogP contribution in [-0.4, -0.2) is 28.6 Å². The average molecular weight is 290 g/mol. The average Bonchev–Trinajstić information content (AvgIpc) is 2.77. The summed E-state index contributed by atoms with van der Waals surface area (Å²) in [5.41, 5.74) is -0.324. The van der Waals surface area contributed by atoms with E-state index >= 15 is 0 Å². The Hall–Kier alpha value is -0.570. The van der Waals surface area contributed by atoms with E-state index in [0.717, 1.165) is 36.5 Å². The third-order valence-corrected chi connectivity index (χ3v) is 6.95. The lowest BCUT2D eigenvalue weighted by Gasteiger charge is -2.28. The Morgan fingerprint density at radius 2 is 1.90 bits per heavy atom. The van der Waals surface area contributed by atoms with E-state index in [0.29, 0.717) is 17.9 Å². The van der Waals surface area contributed by atoms with Gasteiger partial charge in [0.15, 0.2) is 0 Å². The predicted molar refractivity (Wildman–Crippen MR) is 83.5 cm³/mol. The smallest absolute Gasteiger partial charge is 0.244 e. The molecule has 1 amide bonds. The van der Waals surface area contributed by atoms with Crippen LogP contribution in [0.15, 0.2) is 0 Å². The number of hydrogen-bond donors (Lipinski definition) is 1. The Labute approximate surface area is 128 Å². The van der Waals surface area contributed by atoms with Gasteiger partial charge in [-0.2, -0.15) is 0 Å². The van der Waals surface area contributed by atoms with Gasteiger partial charge in [0.2, 0.25) is 5.91 Å². The largest absolute Gasteiger partial charge is 0.322 e. The molecule has 4 aliphatic rings. The third kappa shape index (κ3) is 1.85. The normalized spacial score (nSPS) is 51.1. The fourth-order valence-electron chi connectivity index (χ4n) is 5.79. The topological polar surface area (TPSA) is 32.3 Å². The summed E-state index contributed by atoms with van der Waals surface area (Å²) in [6, 6.07) is 0.577. The maximum Gasteiger partial charge on any atom is 0.244 e. The monoisotopic (exact) mass is 290 g/mol. The second-order valence-corrected chi connectivity index (χ2v) is 8.67. The highest BCUT2D eigenvalue weighted by Gasteiger charge is 2.69. The Morgan fingerprint density at radius 1 is 1.29 bits per heavy atom. The van der Waals surface area contributed by atoms with Gasteiger partial charge in [0.05, 0.1) is 11.7 Å². The molecule has 1 heterocycles. The van der Waals surface area contributed by atoms with Crippen molar-refractivity contribution in [1.82, 2.24) is 10.2 Å². The van der Waals surface area contributed by atoms with Crippen LogP contribution < -0.4 is 5.32 Å². The molecule has 2 bridgehead atoms. The summed E-state index contributed by atoms with van der Waals surface area (Å²) in [7, 11) is 0. The number of hydrogen-bond acceptors (Lipinski definition) is 2. The van der Waals surface area contributed by atoms with Gasteiger partial charge in [-0.15, -0.1) is 0 Å². The fourth-order valence-corrected chi connectivity index (χ4v) is 5.79. The summed E-state index contributed by atoms with van der Waals surface area (Å²) in [4.78, 5) is 15.4. The summed E-state index contributed by atoms with van der Waals surface area (Å²) >= 11 is 0. The zero-order valence-corrected chi connectivity index (χ0v) is 13.9. The molecule has 3 nitrogen and oxygen atoms in total. The lowest BCUT2D eigenvalue weighted by molar-refractivity contribution is -0.134. The van der Waals surface area contributed by atoms with Crippen LogP contribution in [0, 0.1) is 29.6 Å². The molecule has 0 spiro atoms. The first-order valence-electron chi connectivity index (χ1n) is 9.06. The molecule has 1 saturated heterocycles. The number of carbonyl (C=O) groups is 1. The SMILES string of the molecule is CCC1(C)NC(CC(C)C)N(C2C3C4CCC(C4)C32)C1=O. The first-order chi connectivity index (χ1) is 9.96. The maximum absolute atomic E-state index is 13.1. The van der Waals surface area contributed by atoms with Crippen LogP contribution >= 0.6 is 0 Å². The molecule has 118 valence electrons. The lowest BCUT2D eigenvalue weighted by Crippen LogP contribution is -2.44. The van der Waals surface area contributed by atoms with Gasteiger partial charge in [0.1, 0.15) is 0 Å².